The minimum atomic E-state index is -0.622. The molecule has 1 aromatic carbocycles. The average molecular weight is 320 g/mol. The molecular formula is C17H24N2O4. The van der Waals surface area contributed by atoms with Gasteiger partial charge in [-0.3, -0.25) is 15.0 Å². The Bertz CT molecular complexity index is 595. The van der Waals surface area contributed by atoms with E-state index >= 15 is 0 Å². The van der Waals surface area contributed by atoms with E-state index in [0.717, 1.165) is 11.3 Å². The highest BCUT2D eigenvalue weighted by atomic mass is 16.6. The first-order chi connectivity index (χ1) is 10.8. The molecule has 1 amide bonds. The van der Waals surface area contributed by atoms with Crippen molar-refractivity contribution >= 4 is 17.7 Å². The number of nitrogens with zero attached hydrogens (tertiary/aromatic N) is 1. The van der Waals surface area contributed by atoms with Crippen LogP contribution in [0, 0.1) is 5.92 Å². The lowest BCUT2D eigenvalue weighted by atomic mass is 9.89. The fourth-order valence-corrected chi connectivity index (χ4v) is 2.81. The molecule has 1 aliphatic heterocycles. The van der Waals surface area contributed by atoms with Crippen molar-refractivity contribution in [3.63, 3.8) is 0 Å². The molecule has 23 heavy (non-hydrogen) atoms. The van der Waals surface area contributed by atoms with Gasteiger partial charge in [0, 0.05) is 0 Å². The highest BCUT2D eigenvalue weighted by Crippen LogP contribution is 2.34. The predicted octanol–water partition coefficient (Wildman–Crippen LogP) is 2.32. The number of amides is 1. The van der Waals surface area contributed by atoms with E-state index in [9.17, 15) is 9.59 Å². The molecule has 0 aliphatic carbocycles. The molecule has 0 bridgehead atoms. The largest absolute Gasteiger partial charge is 0.469 e. The zero-order valence-electron chi connectivity index (χ0n) is 14.3. The maximum atomic E-state index is 12.7. The Hall–Kier alpha value is -2.08. The number of ether oxygens (including phenoxy) is 2. The van der Waals surface area contributed by atoms with Gasteiger partial charge < -0.3 is 9.47 Å². The van der Waals surface area contributed by atoms with Gasteiger partial charge >= 0.3 is 12.1 Å². The van der Waals surface area contributed by atoms with Crippen molar-refractivity contribution in [1.29, 1.82) is 0 Å². The van der Waals surface area contributed by atoms with Crippen LogP contribution in [0.2, 0.25) is 0 Å². The van der Waals surface area contributed by atoms with E-state index in [0.29, 0.717) is 6.42 Å². The number of para-hydroxylation sites is 1. The molecule has 6 nitrogen and oxygen atoms in total. The Balaban J connectivity index is 2.46. The highest BCUT2D eigenvalue weighted by molar-refractivity contribution is 5.92. The van der Waals surface area contributed by atoms with E-state index in [1.807, 2.05) is 45.0 Å². The average Bonchev–Trinajstić information content (AvgIpc) is 2.50. The topological polar surface area (TPSA) is 67.9 Å². The molecule has 2 rings (SSSR count). The van der Waals surface area contributed by atoms with Crippen LogP contribution >= 0.6 is 0 Å². The van der Waals surface area contributed by atoms with Gasteiger partial charge in [-0.2, -0.15) is 0 Å². The van der Waals surface area contributed by atoms with Crippen LogP contribution in [0.15, 0.2) is 24.3 Å². The van der Waals surface area contributed by atoms with Crippen molar-refractivity contribution in [2.45, 2.75) is 39.0 Å². The zero-order chi connectivity index (χ0) is 17.2. The molecule has 0 saturated carbocycles. The van der Waals surface area contributed by atoms with Crippen LogP contribution in [-0.4, -0.2) is 38.0 Å². The van der Waals surface area contributed by atoms with Gasteiger partial charge in [0.05, 0.1) is 18.7 Å². The first-order valence-corrected chi connectivity index (χ1v) is 7.63. The van der Waals surface area contributed by atoms with Crippen LogP contribution in [0.1, 0.15) is 26.3 Å². The first-order valence-electron chi connectivity index (χ1n) is 7.63. The van der Waals surface area contributed by atoms with Gasteiger partial charge in [0.15, 0.2) is 0 Å². The van der Waals surface area contributed by atoms with Gasteiger partial charge in [-0.15, -0.1) is 0 Å². The summed E-state index contributed by atoms with van der Waals surface area (Å²) >= 11 is 0. The molecule has 0 saturated heterocycles. The molecule has 0 fully saturated rings. The molecule has 126 valence electrons. The lowest BCUT2D eigenvalue weighted by Crippen LogP contribution is -2.58. The van der Waals surface area contributed by atoms with Crippen molar-refractivity contribution in [3.8, 4) is 0 Å². The Kier molecular flexibility index (Phi) is 4.94. The number of rotatable bonds is 2. The molecule has 1 heterocycles. The maximum absolute atomic E-state index is 12.7. The quantitative estimate of drug-likeness (QED) is 0.847. The SMILES string of the molecule is CN[C@H]1[C@@H](C(=O)OC)Cc2ccccc2N1C(=O)OC(C)(C)C. The number of methoxy groups -OCH3 is 1. The normalized spacial score (nSPS) is 20.7. The maximum Gasteiger partial charge on any atom is 0.416 e. The third kappa shape index (κ3) is 3.64. The molecule has 0 radical (unpaired) electrons. The molecule has 0 unspecified atom stereocenters. The summed E-state index contributed by atoms with van der Waals surface area (Å²) in [6.45, 7) is 5.44. The monoisotopic (exact) mass is 320 g/mol. The number of carbonyl (C=O) groups is 2. The van der Waals surface area contributed by atoms with Gasteiger partial charge in [-0.1, -0.05) is 18.2 Å². The Morgan fingerprint density at radius 2 is 1.91 bits per heavy atom. The minimum absolute atomic E-state index is 0.354. The van der Waals surface area contributed by atoms with E-state index < -0.39 is 23.8 Å². The van der Waals surface area contributed by atoms with Crippen LogP contribution < -0.4 is 10.2 Å². The minimum Gasteiger partial charge on any atom is -0.469 e. The van der Waals surface area contributed by atoms with Crippen molar-refractivity contribution in [3.05, 3.63) is 29.8 Å². The van der Waals surface area contributed by atoms with Crippen LogP contribution in [0.4, 0.5) is 10.5 Å². The number of nitrogens with one attached hydrogen (secondary N) is 1. The number of hydrogen-bond acceptors (Lipinski definition) is 5. The third-order valence-electron chi connectivity index (χ3n) is 3.74. The summed E-state index contributed by atoms with van der Waals surface area (Å²) in [7, 11) is 3.07. The summed E-state index contributed by atoms with van der Waals surface area (Å²) in [5.41, 5.74) is 1.05. The second-order valence-electron chi connectivity index (χ2n) is 6.55. The zero-order valence-corrected chi connectivity index (χ0v) is 14.3. The molecule has 0 spiro atoms. The smallest absolute Gasteiger partial charge is 0.416 e. The summed E-state index contributed by atoms with van der Waals surface area (Å²) in [4.78, 5) is 26.4. The third-order valence-corrected chi connectivity index (χ3v) is 3.74. The van der Waals surface area contributed by atoms with Crippen molar-refractivity contribution in [2.24, 2.45) is 5.92 Å². The van der Waals surface area contributed by atoms with Crippen LogP contribution in [0.25, 0.3) is 0 Å². The second kappa shape index (κ2) is 6.58. The Morgan fingerprint density at radius 3 is 2.48 bits per heavy atom. The lowest BCUT2D eigenvalue weighted by molar-refractivity contribution is -0.146. The Morgan fingerprint density at radius 1 is 1.26 bits per heavy atom. The molecule has 1 N–H and O–H groups in total. The fraction of sp³-hybridized carbons (Fsp3) is 0.529. The van der Waals surface area contributed by atoms with Gasteiger partial charge in [0.2, 0.25) is 0 Å². The van der Waals surface area contributed by atoms with Crippen LogP contribution in [-0.2, 0) is 20.7 Å². The summed E-state index contributed by atoms with van der Waals surface area (Å²) < 4.78 is 10.4. The van der Waals surface area contributed by atoms with Gasteiger partial charge in [-0.05, 0) is 45.9 Å². The summed E-state index contributed by atoms with van der Waals surface area (Å²) in [6, 6.07) is 7.52. The lowest BCUT2D eigenvalue weighted by Gasteiger charge is -2.41. The van der Waals surface area contributed by atoms with Crippen molar-refractivity contribution in [1.82, 2.24) is 5.32 Å². The number of anilines is 1. The first kappa shape index (κ1) is 17.3. The van der Waals surface area contributed by atoms with Gasteiger partial charge in [0.25, 0.3) is 0 Å². The second-order valence-corrected chi connectivity index (χ2v) is 6.55. The summed E-state index contributed by atoms with van der Waals surface area (Å²) in [5.74, 6) is -0.847. The predicted molar refractivity (Wildman–Crippen MR) is 87.2 cm³/mol. The number of fused-ring (bicyclic) bond motifs is 1. The van der Waals surface area contributed by atoms with E-state index in [4.69, 9.17) is 9.47 Å². The number of hydrogen-bond donors (Lipinski definition) is 1. The highest BCUT2D eigenvalue weighted by Gasteiger charge is 2.42. The number of benzene rings is 1. The molecule has 1 aromatic rings. The standard InChI is InChI=1S/C17H24N2O4/c1-17(2,3)23-16(21)19-13-9-7-6-8-11(13)10-12(14(19)18-4)15(20)22-5/h6-9,12,14,18H,10H2,1-5H3/t12-,14+/m0/s1. The molecule has 0 aromatic heterocycles. The summed E-state index contributed by atoms with van der Waals surface area (Å²) in [5, 5.41) is 3.05. The van der Waals surface area contributed by atoms with E-state index in [1.54, 1.807) is 7.05 Å². The molecular weight excluding hydrogens is 296 g/mol. The van der Waals surface area contributed by atoms with E-state index in [-0.39, 0.29) is 5.97 Å². The van der Waals surface area contributed by atoms with Crippen molar-refractivity contribution in [2.75, 3.05) is 19.1 Å². The van der Waals surface area contributed by atoms with Crippen LogP contribution in [0.5, 0.6) is 0 Å². The fourth-order valence-electron chi connectivity index (χ4n) is 2.81. The molecule has 6 heteroatoms. The Labute approximate surface area is 136 Å². The van der Waals surface area contributed by atoms with Crippen LogP contribution in [0.3, 0.4) is 0 Å². The van der Waals surface area contributed by atoms with E-state index in [1.165, 1.54) is 12.0 Å². The molecule has 2 atom stereocenters. The number of esters is 1. The summed E-state index contributed by atoms with van der Waals surface area (Å²) in [6.07, 6.45) is -0.502. The number of carbonyl (C=O) groups excluding carboxylic acids is 2. The molecule has 1 aliphatic rings. The van der Waals surface area contributed by atoms with Gasteiger partial charge in [0.1, 0.15) is 11.8 Å². The van der Waals surface area contributed by atoms with Crippen molar-refractivity contribution < 1.29 is 19.1 Å². The van der Waals surface area contributed by atoms with Gasteiger partial charge in [-0.25, -0.2) is 4.79 Å². The van der Waals surface area contributed by atoms with E-state index in [2.05, 4.69) is 5.32 Å².